The fraction of sp³-hybridized carbons (Fsp3) is 1.00. The van der Waals surface area contributed by atoms with Crippen LogP contribution >= 0.6 is 0 Å². The van der Waals surface area contributed by atoms with Crippen molar-refractivity contribution in [3.8, 4) is 0 Å². The summed E-state index contributed by atoms with van der Waals surface area (Å²) in [5.74, 6) is 0.752. The van der Waals surface area contributed by atoms with Gasteiger partial charge in [-0.25, -0.2) is 8.42 Å². The second-order valence-electron chi connectivity index (χ2n) is 5.72. The maximum atomic E-state index is 11.2. The van der Waals surface area contributed by atoms with Crippen molar-refractivity contribution in [2.75, 3.05) is 18.6 Å². The van der Waals surface area contributed by atoms with E-state index in [4.69, 9.17) is 0 Å². The van der Waals surface area contributed by atoms with E-state index < -0.39 is 9.84 Å². The Kier molecular flexibility index (Phi) is 5.98. The fourth-order valence-electron chi connectivity index (χ4n) is 1.44. The molecule has 0 fully saturated rings. The van der Waals surface area contributed by atoms with E-state index in [2.05, 4.69) is 39.9 Å². The van der Waals surface area contributed by atoms with Crippen molar-refractivity contribution in [1.82, 2.24) is 5.32 Å². The first-order valence-electron chi connectivity index (χ1n) is 5.98. The van der Waals surface area contributed by atoms with Gasteiger partial charge in [0.05, 0.1) is 5.75 Å². The molecule has 0 aromatic heterocycles. The normalized spacial score (nSPS) is 16.8. The van der Waals surface area contributed by atoms with Gasteiger partial charge in [0.1, 0.15) is 9.84 Å². The van der Waals surface area contributed by atoms with Crippen LogP contribution in [-0.4, -0.2) is 33.0 Å². The van der Waals surface area contributed by atoms with E-state index in [9.17, 15) is 8.42 Å². The Morgan fingerprint density at radius 2 is 1.69 bits per heavy atom. The van der Waals surface area contributed by atoms with Crippen LogP contribution in [0.5, 0.6) is 0 Å². The lowest BCUT2D eigenvalue weighted by atomic mass is 9.76. The Hall–Kier alpha value is -0.0900. The second-order valence-corrected chi connectivity index (χ2v) is 7.98. The third-order valence-electron chi connectivity index (χ3n) is 3.35. The molecule has 0 amide bonds. The van der Waals surface area contributed by atoms with Gasteiger partial charge in [-0.3, -0.25) is 0 Å². The van der Waals surface area contributed by atoms with E-state index in [0.29, 0.717) is 12.0 Å². The van der Waals surface area contributed by atoms with Crippen molar-refractivity contribution in [2.24, 2.45) is 11.3 Å². The van der Waals surface area contributed by atoms with Gasteiger partial charge in [-0.2, -0.15) is 0 Å². The van der Waals surface area contributed by atoms with Crippen LogP contribution in [0.4, 0.5) is 0 Å². The Morgan fingerprint density at radius 3 is 2.00 bits per heavy atom. The van der Waals surface area contributed by atoms with Gasteiger partial charge in [-0.15, -0.1) is 0 Å². The van der Waals surface area contributed by atoms with Crippen LogP contribution in [0.2, 0.25) is 0 Å². The van der Waals surface area contributed by atoms with Gasteiger partial charge in [-0.1, -0.05) is 34.6 Å². The molecule has 0 spiro atoms. The zero-order valence-electron chi connectivity index (χ0n) is 11.5. The molecule has 3 nitrogen and oxygen atoms in total. The van der Waals surface area contributed by atoms with E-state index in [1.54, 1.807) is 0 Å². The molecule has 0 heterocycles. The minimum absolute atomic E-state index is 0.0490. The summed E-state index contributed by atoms with van der Waals surface area (Å²) in [6, 6.07) is 0.441. The highest BCUT2D eigenvalue weighted by Crippen LogP contribution is 2.30. The van der Waals surface area contributed by atoms with E-state index in [-0.39, 0.29) is 11.2 Å². The van der Waals surface area contributed by atoms with E-state index in [1.165, 1.54) is 6.26 Å². The maximum Gasteiger partial charge on any atom is 0.147 e. The molecule has 0 aliphatic rings. The summed E-state index contributed by atoms with van der Waals surface area (Å²) in [4.78, 5) is 0. The van der Waals surface area contributed by atoms with Crippen molar-refractivity contribution in [1.29, 1.82) is 0 Å². The molecule has 1 N–H and O–H groups in total. The monoisotopic (exact) mass is 249 g/mol. The van der Waals surface area contributed by atoms with Crippen LogP contribution in [0.1, 0.15) is 41.0 Å². The summed E-state index contributed by atoms with van der Waals surface area (Å²) in [5.41, 5.74) is 0.0490. The molecule has 0 aromatic rings. The lowest BCUT2D eigenvalue weighted by Gasteiger charge is -2.34. The molecule has 1 atom stereocenters. The van der Waals surface area contributed by atoms with Crippen LogP contribution in [0, 0.1) is 11.3 Å². The number of rotatable bonds is 7. The third kappa shape index (κ3) is 6.48. The third-order valence-corrected chi connectivity index (χ3v) is 4.30. The average Bonchev–Trinajstić information content (AvgIpc) is 2.10. The van der Waals surface area contributed by atoms with Crippen molar-refractivity contribution in [3.63, 3.8) is 0 Å². The van der Waals surface area contributed by atoms with E-state index in [1.807, 2.05) is 0 Å². The summed E-state index contributed by atoms with van der Waals surface area (Å²) < 4.78 is 22.4. The molecule has 0 rings (SSSR count). The van der Waals surface area contributed by atoms with Gasteiger partial charge in [0.25, 0.3) is 0 Å². The molecule has 0 saturated carbocycles. The van der Waals surface area contributed by atoms with Crippen LogP contribution in [0.25, 0.3) is 0 Å². The van der Waals surface area contributed by atoms with Gasteiger partial charge in [0, 0.05) is 18.8 Å². The largest absolute Gasteiger partial charge is 0.314 e. The first-order chi connectivity index (χ1) is 7.07. The van der Waals surface area contributed by atoms with Crippen LogP contribution in [0.15, 0.2) is 0 Å². The summed E-state index contributed by atoms with van der Waals surface area (Å²) in [7, 11) is -2.86. The zero-order chi connectivity index (χ0) is 13.0. The highest BCUT2D eigenvalue weighted by molar-refractivity contribution is 7.90. The van der Waals surface area contributed by atoms with Gasteiger partial charge in [0.2, 0.25) is 0 Å². The van der Waals surface area contributed by atoms with Crippen molar-refractivity contribution in [2.45, 2.75) is 47.1 Å². The van der Waals surface area contributed by atoms with Gasteiger partial charge in [0.15, 0.2) is 0 Å². The molecule has 0 saturated heterocycles. The summed E-state index contributed by atoms with van der Waals surface area (Å²) >= 11 is 0. The number of sulfone groups is 1. The SMILES string of the molecule is CC(C)NCC(C)(CCS(C)(=O)=O)C(C)C. The number of hydrogen-bond donors (Lipinski definition) is 1. The predicted molar refractivity (Wildman–Crippen MR) is 70.4 cm³/mol. The molecule has 98 valence electrons. The molecular weight excluding hydrogens is 222 g/mol. The van der Waals surface area contributed by atoms with Gasteiger partial charge in [-0.05, 0) is 17.8 Å². The smallest absolute Gasteiger partial charge is 0.147 e. The van der Waals surface area contributed by atoms with Crippen molar-refractivity contribution >= 4 is 9.84 Å². The topological polar surface area (TPSA) is 46.2 Å². The summed E-state index contributed by atoms with van der Waals surface area (Å²) in [6.07, 6.45) is 2.03. The first-order valence-corrected chi connectivity index (χ1v) is 8.04. The standard InChI is InChI=1S/C12H27NO2S/c1-10(2)12(5,9-13-11(3)4)7-8-16(6,14)15/h10-11,13H,7-9H2,1-6H3. The average molecular weight is 249 g/mol. The lowest BCUT2D eigenvalue weighted by Crippen LogP contribution is -2.40. The molecule has 0 aromatic carbocycles. The first kappa shape index (κ1) is 15.9. The van der Waals surface area contributed by atoms with Crippen LogP contribution < -0.4 is 5.32 Å². The molecule has 1 unspecified atom stereocenters. The molecule has 16 heavy (non-hydrogen) atoms. The summed E-state index contributed by atoms with van der Waals surface area (Å²) in [6.45, 7) is 11.6. The molecule has 0 aliphatic heterocycles. The maximum absolute atomic E-state index is 11.2. The lowest BCUT2D eigenvalue weighted by molar-refractivity contribution is 0.196. The minimum Gasteiger partial charge on any atom is -0.314 e. The molecule has 0 aliphatic carbocycles. The fourth-order valence-corrected chi connectivity index (χ4v) is 2.27. The molecular formula is C12H27NO2S. The van der Waals surface area contributed by atoms with Gasteiger partial charge >= 0.3 is 0 Å². The van der Waals surface area contributed by atoms with Crippen LogP contribution in [-0.2, 0) is 9.84 Å². The van der Waals surface area contributed by atoms with Crippen LogP contribution in [0.3, 0.4) is 0 Å². The number of nitrogens with one attached hydrogen (secondary N) is 1. The Bertz CT molecular complexity index is 296. The quantitative estimate of drug-likeness (QED) is 0.751. The van der Waals surface area contributed by atoms with E-state index in [0.717, 1.165) is 13.0 Å². The molecule has 4 heteroatoms. The van der Waals surface area contributed by atoms with Crippen molar-refractivity contribution < 1.29 is 8.42 Å². The highest BCUT2D eigenvalue weighted by Gasteiger charge is 2.29. The highest BCUT2D eigenvalue weighted by atomic mass is 32.2. The Morgan fingerprint density at radius 1 is 1.19 bits per heavy atom. The van der Waals surface area contributed by atoms with Gasteiger partial charge < -0.3 is 5.32 Å². The zero-order valence-corrected chi connectivity index (χ0v) is 12.3. The number of hydrogen-bond acceptors (Lipinski definition) is 3. The molecule has 0 bridgehead atoms. The minimum atomic E-state index is -2.86. The van der Waals surface area contributed by atoms with Crippen molar-refractivity contribution in [3.05, 3.63) is 0 Å². The predicted octanol–water partition coefficient (Wildman–Crippen LogP) is 2.08. The van der Waals surface area contributed by atoms with E-state index >= 15 is 0 Å². The Balaban J connectivity index is 4.45. The summed E-state index contributed by atoms with van der Waals surface area (Å²) in [5, 5.41) is 3.41. The second kappa shape index (κ2) is 6.01. The molecule has 0 radical (unpaired) electrons. The Labute approximate surface area is 101 Å².